The number of sulfone groups is 1. The van der Waals surface area contributed by atoms with Crippen molar-refractivity contribution in [2.45, 2.75) is 15.5 Å². The molecule has 0 amide bonds. The molecule has 0 atom stereocenters. The molecule has 0 unspecified atom stereocenters. The van der Waals surface area contributed by atoms with Crippen LogP contribution in [0.4, 0.5) is 5.69 Å². The molecule has 0 spiro atoms. The summed E-state index contributed by atoms with van der Waals surface area (Å²) < 4.78 is 22.7. The van der Waals surface area contributed by atoms with Gasteiger partial charge in [0.2, 0.25) is 0 Å². The summed E-state index contributed by atoms with van der Waals surface area (Å²) in [5.74, 6) is 0.706. The van der Waals surface area contributed by atoms with Gasteiger partial charge in [-0.25, -0.2) is 8.42 Å². The summed E-state index contributed by atoms with van der Waals surface area (Å²) in [6, 6.07) is 12.3. The second-order valence-electron chi connectivity index (χ2n) is 4.38. The summed E-state index contributed by atoms with van der Waals surface area (Å²) in [7, 11) is -3.14. The van der Waals surface area contributed by atoms with Crippen LogP contribution in [0.15, 0.2) is 52.3 Å². The van der Waals surface area contributed by atoms with Crippen molar-refractivity contribution in [1.29, 1.82) is 0 Å². The molecule has 2 aromatic rings. The number of benzene rings is 2. The zero-order valence-corrected chi connectivity index (χ0v) is 13.2. The van der Waals surface area contributed by atoms with E-state index in [2.05, 4.69) is 0 Å². The normalized spacial score (nSPS) is 11.5. The van der Waals surface area contributed by atoms with E-state index in [9.17, 15) is 8.42 Å². The molecular weight excluding hydrogens is 314 g/mol. The third-order valence-electron chi connectivity index (χ3n) is 2.72. The summed E-state index contributed by atoms with van der Waals surface area (Å²) in [5.41, 5.74) is 7.28. The largest absolute Gasteiger partial charge is 0.399 e. The van der Waals surface area contributed by atoms with Crippen LogP contribution >= 0.6 is 23.4 Å². The molecule has 0 saturated heterocycles. The van der Waals surface area contributed by atoms with Gasteiger partial charge in [0.05, 0.1) is 4.90 Å². The molecule has 6 heteroatoms. The van der Waals surface area contributed by atoms with Crippen molar-refractivity contribution >= 4 is 38.9 Å². The summed E-state index contributed by atoms with van der Waals surface area (Å²) in [5, 5.41) is 0.644. The van der Waals surface area contributed by atoms with Gasteiger partial charge in [-0.2, -0.15) is 0 Å². The van der Waals surface area contributed by atoms with Crippen molar-refractivity contribution < 1.29 is 8.42 Å². The topological polar surface area (TPSA) is 60.2 Å². The zero-order chi connectivity index (χ0) is 14.8. The Kier molecular flexibility index (Phi) is 4.62. The van der Waals surface area contributed by atoms with Crippen molar-refractivity contribution in [3.05, 3.63) is 53.1 Å². The van der Waals surface area contributed by atoms with Crippen LogP contribution in [-0.2, 0) is 15.6 Å². The van der Waals surface area contributed by atoms with Gasteiger partial charge in [0.1, 0.15) is 0 Å². The molecule has 20 heavy (non-hydrogen) atoms. The van der Waals surface area contributed by atoms with Crippen LogP contribution in [0.25, 0.3) is 0 Å². The highest BCUT2D eigenvalue weighted by atomic mass is 35.5. The molecule has 0 bridgehead atoms. The number of rotatable bonds is 4. The van der Waals surface area contributed by atoms with Gasteiger partial charge in [-0.15, -0.1) is 11.8 Å². The average molecular weight is 328 g/mol. The lowest BCUT2D eigenvalue weighted by Gasteiger charge is -2.06. The van der Waals surface area contributed by atoms with E-state index in [0.29, 0.717) is 21.4 Å². The molecule has 2 rings (SSSR count). The van der Waals surface area contributed by atoms with Gasteiger partial charge in [-0.05, 0) is 42.0 Å². The van der Waals surface area contributed by atoms with Gasteiger partial charge in [0.15, 0.2) is 9.84 Å². The fraction of sp³-hybridized carbons (Fsp3) is 0.143. The maximum absolute atomic E-state index is 11.4. The van der Waals surface area contributed by atoms with E-state index in [1.807, 2.05) is 12.1 Å². The number of nitrogens with two attached hydrogens (primary N) is 1. The molecule has 0 aliphatic rings. The smallest absolute Gasteiger partial charge is 0.175 e. The second kappa shape index (κ2) is 6.08. The van der Waals surface area contributed by atoms with Crippen LogP contribution < -0.4 is 5.73 Å². The van der Waals surface area contributed by atoms with E-state index < -0.39 is 9.84 Å². The average Bonchev–Trinajstić information content (AvgIpc) is 2.37. The fourth-order valence-electron chi connectivity index (χ4n) is 1.62. The number of hydrogen-bond donors (Lipinski definition) is 1. The number of halogens is 1. The summed E-state index contributed by atoms with van der Waals surface area (Å²) in [4.78, 5) is 1.32. The first-order valence-corrected chi connectivity index (χ1v) is 9.08. The Morgan fingerprint density at radius 3 is 2.35 bits per heavy atom. The Morgan fingerprint density at radius 1 is 1.15 bits per heavy atom. The minimum Gasteiger partial charge on any atom is -0.399 e. The maximum Gasteiger partial charge on any atom is 0.175 e. The van der Waals surface area contributed by atoms with Crippen molar-refractivity contribution in [1.82, 2.24) is 0 Å². The van der Waals surface area contributed by atoms with Crippen LogP contribution in [0.2, 0.25) is 5.02 Å². The first-order chi connectivity index (χ1) is 9.36. The van der Waals surface area contributed by atoms with Crippen LogP contribution in [0.5, 0.6) is 0 Å². The van der Waals surface area contributed by atoms with Crippen LogP contribution in [-0.4, -0.2) is 14.7 Å². The van der Waals surface area contributed by atoms with Crippen molar-refractivity contribution in [3.8, 4) is 0 Å². The lowest BCUT2D eigenvalue weighted by Crippen LogP contribution is -1.96. The predicted octanol–water partition coefficient (Wildman–Crippen LogP) is 3.62. The van der Waals surface area contributed by atoms with Crippen molar-refractivity contribution in [3.63, 3.8) is 0 Å². The van der Waals surface area contributed by atoms with E-state index in [1.165, 1.54) is 6.26 Å². The Hall–Kier alpha value is -1.17. The fourth-order valence-corrected chi connectivity index (χ4v) is 3.49. The number of anilines is 1. The van der Waals surface area contributed by atoms with Gasteiger partial charge in [-0.3, -0.25) is 0 Å². The molecule has 2 aromatic carbocycles. The van der Waals surface area contributed by atoms with E-state index in [-0.39, 0.29) is 0 Å². The third-order valence-corrected chi connectivity index (χ3v) is 5.26. The number of hydrogen-bond acceptors (Lipinski definition) is 4. The number of thioether (sulfide) groups is 1. The predicted molar refractivity (Wildman–Crippen MR) is 85.0 cm³/mol. The summed E-state index contributed by atoms with van der Waals surface area (Å²) in [6.07, 6.45) is 1.20. The zero-order valence-electron chi connectivity index (χ0n) is 10.8. The lowest BCUT2D eigenvalue weighted by atomic mass is 10.2. The molecule has 2 N–H and O–H groups in total. The van der Waals surface area contributed by atoms with E-state index in [4.69, 9.17) is 17.3 Å². The molecule has 0 radical (unpaired) electrons. The van der Waals surface area contributed by atoms with E-state index in [0.717, 1.165) is 10.5 Å². The minimum atomic E-state index is -3.14. The Labute approximate surface area is 128 Å². The lowest BCUT2D eigenvalue weighted by molar-refractivity contribution is 0.602. The highest BCUT2D eigenvalue weighted by Gasteiger charge is 2.07. The molecule has 106 valence electrons. The molecule has 0 saturated carbocycles. The van der Waals surface area contributed by atoms with Gasteiger partial charge in [0.25, 0.3) is 0 Å². The monoisotopic (exact) mass is 327 g/mol. The Balaban J connectivity index is 2.08. The molecule has 0 aliphatic heterocycles. The van der Waals surface area contributed by atoms with E-state index >= 15 is 0 Å². The van der Waals surface area contributed by atoms with Gasteiger partial charge in [-0.1, -0.05) is 17.7 Å². The standard InChI is InChI=1S/C14H14ClNO2S2/c1-20(17,18)13-6-4-12(5-7-13)19-9-10-2-3-11(16)8-14(10)15/h2-8H,9,16H2,1H3. The van der Waals surface area contributed by atoms with Crippen molar-refractivity contribution in [2.24, 2.45) is 0 Å². The quantitative estimate of drug-likeness (QED) is 0.688. The molecule has 0 heterocycles. The minimum absolute atomic E-state index is 0.326. The van der Waals surface area contributed by atoms with Crippen LogP contribution in [0.1, 0.15) is 5.56 Å². The SMILES string of the molecule is CS(=O)(=O)c1ccc(SCc2ccc(N)cc2Cl)cc1. The molecule has 0 aliphatic carbocycles. The molecule has 0 fully saturated rings. The molecule has 3 nitrogen and oxygen atoms in total. The summed E-state index contributed by atoms with van der Waals surface area (Å²) in [6.45, 7) is 0. The highest BCUT2D eigenvalue weighted by molar-refractivity contribution is 7.98. The van der Waals surface area contributed by atoms with E-state index in [1.54, 1.807) is 42.1 Å². The van der Waals surface area contributed by atoms with Crippen LogP contribution in [0, 0.1) is 0 Å². The summed E-state index contributed by atoms with van der Waals surface area (Å²) >= 11 is 7.70. The van der Waals surface area contributed by atoms with Gasteiger partial charge in [0, 0.05) is 27.6 Å². The number of nitrogen functional groups attached to an aromatic ring is 1. The first-order valence-electron chi connectivity index (χ1n) is 5.83. The van der Waals surface area contributed by atoms with Crippen LogP contribution in [0.3, 0.4) is 0 Å². The first kappa shape index (κ1) is 15.2. The second-order valence-corrected chi connectivity index (χ2v) is 7.85. The molecule has 0 aromatic heterocycles. The Morgan fingerprint density at radius 2 is 1.80 bits per heavy atom. The third kappa shape index (κ3) is 3.91. The van der Waals surface area contributed by atoms with Crippen molar-refractivity contribution in [2.75, 3.05) is 12.0 Å². The Bertz CT molecular complexity index is 712. The highest BCUT2D eigenvalue weighted by Crippen LogP contribution is 2.28. The van der Waals surface area contributed by atoms with Gasteiger partial charge < -0.3 is 5.73 Å². The molecular formula is C14H14ClNO2S2. The van der Waals surface area contributed by atoms with Gasteiger partial charge >= 0.3 is 0 Å². The maximum atomic E-state index is 11.4.